The van der Waals surface area contributed by atoms with E-state index in [1.807, 2.05) is 17.3 Å². The minimum absolute atomic E-state index is 0.153. The average molecular weight is 293 g/mol. The van der Waals surface area contributed by atoms with Gasteiger partial charge in [0.05, 0.1) is 5.56 Å². The number of aromatic carboxylic acids is 1. The molecule has 0 radical (unpaired) electrons. The third-order valence-electron chi connectivity index (χ3n) is 2.99. The molecule has 1 rings (SSSR count). The van der Waals surface area contributed by atoms with Crippen LogP contribution in [0.2, 0.25) is 0 Å². The predicted octanol–water partition coefficient (Wildman–Crippen LogP) is 0.444. The molecule has 114 valence electrons. The number of urea groups is 1. The van der Waals surface area contributed by atoms with Gasteiger partial charge in [-0.3, -0.25) is 10.1 Å². The zero-order valence-corrected chi connectivity index (χ0v) is 11.8. The number of imide groups is 1. The first-order valence-electron chi connectivity index (χ1n) is 6.49. The zero-order chi connectivity index (χ0) is 15.8. The monoisotopic (exact) mass is 293 g/mol. The number of hydrogen-bond acceptors (Lipinski definition) is 4. The van der Waals surface area contributed by atoms with Crippen LogP contribution in [0.5, 0.6) is 0 Å². The first kappa shape index (κ1) is 16.6. The van der Waals surface area contributed by atoms with Crippen molar-refractivity contribution in [2.75, 3.05) is 20.1 Å². The van der Waals surface area contributed by atoms with Gasteiger partial charge < -0.3 is 15.7 Å². The van der Waals surface area contributed by atoms with Gasteiger partial charge in [0.25, 0.3) is 0 Å². The molecule has 0 aliphatic carbocycles. The molecule has 7 heteroatoms. The number of nitrogens with one attached hydrogen (secondary N) is 1. The van der Waals surface area contributed by atoms with Crippen LogP contribution < -0.4 is 11.1 Å². The van der Waals surface area contributed by atoms with Gasteiger partial charge in [-0.05, 0) is 25.1 Å². The zero-order valence-electron chi connectivity index (χ0n) is 11.8. The Bertz CT molecular complexity index is 531. The second-order valence-corrected chi connectivity index (χ2v) is 4.68. The van der Waals surface area contributed by atoms with Gasteiger partial charge in [-0.1, -0.05) is 18.2 Å². The first-order chi connectivity index (χ1) is 9.90. The lowest BCUT2D eigenvalue weighted by Gasteiger charge is -2.16. The van der Waals surface area contributed by atoms with E-state index in [0.29, 0.717) is 19.5 Å². The smallest absolute Gasteiger partial charge is 0.335 e. The van der Waals surface area contributed by atoms with Crippen molar-refractivity contribution < 1.29 is 19.5 Å². The summed E-state index contributed by atoms with van der Waals surface area (Å²) in [5.41, 5.74) is 5.88. The second kappa shape index (κ2) is 8.01. The minimum atomic E-state index is -0.950. The maximum Gasteiger partial charge on any atom is 0.335 e. The molecule has 0 saturated carbocycles. The summed E-state index contributed by atoms with van der Waals surface area (Å²) in [4.78, 5) is 34.7. The van der Waals surface area contributed by atoms with Gasteiger partial charge >= 0.3 is 12.0 Å². The molecule has 1 aromatic rings. The van der Waals surface area contributed by atoms with Gasteiger partial charge in [-0.15, -0.1) is 0 Å². The highest BCUT2D eigenvalue weighted by atomic mass is 16.4. The summed E-state index contributed by atoms with van der Waals surface area (Å²) in [5, 5.41) is 11.1. The molecule has 0 saturated heterocycles. The maximum absolute atomic E-state index is 11.3. The highest BCUT2D eigenvalue weighted by Crippen LogP contribution is 2.10. The van der Waals surface area contributed by atoms with Gasteiger partial charge in [0.15, 0.2) is 0 Å². The lowest BCUT2D eigenvalue weighted by molar-refractivity contribution is -0.120. The molecule has 3 amide bonds. The number of benzene rings is 1. The van der Waals surface area contributed by atoms with E-state index in [-0.39, 0.29) is 12.0 Å². The van der Waals surface area contributed by atoms with Crippen molar-refractivity contribution in [2.24, 2.45) is 5.73 Å². The van der Waals surface area contributed by atoms with Crippen molar-refractivity contribution in [3.05, 3.63) is 35.4 Å². The maximum atomic E-state index is 11.3. The van der Waals surface area contributed by atoms with Crippen LogP contribution in [0.4, 0.5) is 4.79 Å². The van der Waals surface area contributed by atoms with E-state index in [4.69, 9.17) is 10.8 Å². The Morgan fingerprint density at radius 2 is 1.90 bits per heavy atom. The van der Waals surface area contributed by atoms with E-state index < -0.39 is 17.9 Å². The number of rotatable bonds is 7. The normalized spacial score (nSPS) is 10.4. The highest BCUT2D eigenvalue weighted by molar-refractivity contribution is 5.93. The number of carbonyl (C=O) groups excluding carboxylic acids is 2. The van der Waals surface area contributed by atoms with E-state index in [1.165, 1.54) is 0 Å². The summed E-state index contributed by atoms with van der Waals surface area (Å²) in [5.74, 6) is -1.38. The van der Waals surface area contributed by atoms with Crippen LogP contribution in [-0.4, -0.2) is 48.1 Å². The third kappa shape index (κ3) is 6.05. The lowest BCUT2D eigenvalue weighted by Crippen LogP contribution is -2.37. The van der Waals surface area contributed by atoms with Crippen molar-refractivity contribution in [1.29, 1.82) is 0 Å². The molecule has 0 aromatic heterocycles. The summed E-state index contributed by atoms with van der Waals surface area (Å²) < 4.78 is 0. The number of nitrogens with two attached hydrogens (primary N) is 1. The molecule has 1 aromatic carbocycles. The molecule has 21 heavy (non-hydrogen) atoms. The van der Waals surface area contributed by atoms with Gasteiger partial charge in [0, 0.05) is 19.5 Å². The molecule has 0 aliphatic rings. The molecule has 0 bridgehead atoms. The fraction of sp³-hybridized carbons (Fsp3) is 0.357. The molecular formula is C14H19N3O4. The SMILES string of the molecule is CN(CCC(=O)NC(N)=O)CCc1ccccc1C(=O)O. The average Bonchev–Trinajstić information content (AvgIpc) is 2.42. The number of carbonyl (C=O) groups is 3. The number of likely N-dealkylation sites (N-methyl/N-ethyl adjacent to an activating group) is 1. The van der Waals surface area contributed by atoms with E-state index in [0.717, 1.165) is 5.56 Å². The molecule has 0 atom stereocenters. The fourth-order valence-corrected chi connectivity index (χ4v) is 1.86. The Morgan fingerprint density at radius 3 is 2.52 bits per heavy atom. The molecule has 0 fully saturated rings. The molecule has 4 N–H and O–H groups in total. The van der Waals surface area contributed by atoms with E-state index in [9.17, 15) is 14.4 Å². The van der Waals surface area contributed by atoms with Gasteiger partial charge in [-0.2, -0.15) is 0 Å². The Balaban J connectivity index is 2.43. The first-order valence-corrected chi connectivity index (χ1v) is 6.49. The van der Waals surface area contributed by atoms with E-state index in [2.05, 4.69) is 0 Å². The molecule has 0 heterocycles. The van der Waals surface area contributed by atoms with Crippen LogP contribution in [0.3, 0.4) is 0 Å². The lowest BCUT2D eigenvalue weighted by atomic mass is 10.0. The molecule has 0 aliphatic heterocycles. The summed E-state index contributed by atoms with van der Waals surface area (Å²) >= 11 is 0. The van der Waals surface area contributed by atoms with Crippen LogP contribution in [-0.2, 0) is 11.2 Å². The van der Waals surface area contributed by atoms with Gasteiger partial charge in [-0.25, -0.2) is 9.59 Å². The van der Waals surface area contributed by atoms with Crippen molar-refractivity contribution >= 4 is 17.9 Å². The van der Waals surface area contributed by atoms with E-state index in [1.54, 1.807) is 24.3 Å². The molecule has 7 nitrogen and oxygen atoms in total. The summed E-state index contributed by atoms with van der Waals surface area (Å²) in [6.07, 6.45) is 0.719. The Morgan fingerprint density at radius 1 is 1.24 bits per heavy atom. The van der Waals surface area contributed by atoms with Crippen LogP contribution in [0, 0.1) is 0 Å². The van der Waals surface area contributed by atoms with Gasteiger partial charge in [0.1, 0.15) is 0 Å². The van der Waals surface area contributed by atoms with Crippen molar-refractivity contribution in [2.45, 2.75) is 12.8 Å². The second-order valence-electron chi connectivity index (χ2n) is 4.68. The number of carboxylic acids is 1. The molecular weight excluding hydrogens is 274 g/mol. The minimum Gasteiger partial charge on any atom is -0.478 e. The van der Waals surface area contributed by atoms with Crippen LogP contribution in [0.15, 0.2) is 24.3 Å². The molecule has 0 unspecified atom stereocenters. The van der Waals surface area contributed by atoms with Gasteiger partial charge in [0.2, 0.25) is 5.91 Å². The van der Waals surface area contributed by atoms with Crippen LogP contribution in [0.1, 0.15) is 22.3 Å². The number of carboxylic acid groups (broad SMARTS) is 1. The highest BCUT2D eigenvalue weighted by Gasteiger charge is 2.10. The standard InChI is InChI=1S/C14H19N3O4/c1-17(9-7-12(18)16-14(15)21)8-6-10-4-2-3-5-11(10)13(19)20/h2-5H,6-9H2,1H3,(H,19,20)(H3,15,16,18,21). The van der Waals surface area contributed by atoms with Crippen molar-refractivity contribution in [1.82, 2.24) is 10.2 Å². The Kier molecular flexibility index (Phi) is 6.35. The number of nitrogens with zero attached hydrogens (tertiary/aromatic N) is 1. The van der Waals surface area contributed by atoms with Crippen molar-refractivity contribution in [3.63, 3.8) is 0 Å². The Hall–Kier alpha value is -2.41. The largest absolute Gasteiger partial charge is 0.478 e. The van der Waals surface area contributed by atoms with E-state index >= 15 is 0 Å². The predicted molar refractivity (Wildman–Crippen MR) is 76.9 cm³/mol. The summed E-state index contributed by atoms with van der Waals surface area (Å²) in [6, 6.07) is 5.96. The topological polar surface area (TPSA) is 113 Å². The number of primary amides is 1. The number of amides is 3. The Labute approximate surface area is 122 Å². The van der Waals surface area contributed by atoms with Crippen LogP contribution >= 0.6 is 0 Å². The molecule has 0 spiro atoms. The van der Waals surface area contributed by atoms with Crippen LogP contribution in [0.25, 0.3) is 0 Å². The fourth-order valence-electron chi connectivity index (χ4n) is 1.86. The number of hydrogen-bond donors (Lipinski definition) is 3. The summed E-state index contributed by atoms with van der Waals surface area (Å²) in [7, 11) is 1.82. The summed E-state index contributed by atoms with van der Waals surface area (Å²) in [6.45, 7) is 1.06. The quantitative estimate of drug-likeness (QED) is 0.675. The van der Waals surface area contributed by atoms with Crippen molar-refractivity contribution in [3.8, 4) is 0 Å². The third-order valence-corrected chi connectivity index (χ3v) is 2.99.